The normalized spacial score (nSPS) is 12.5. The highest BCUT2D eigenvalue weighted by Gasteiger charge is 2.29. The molecule has 0 N–H and O–H groups in total. The molecule has 0 aromatic heterocycles. The van der Waals surface area contributed by atoms with Crippen molar-refractivity contribution in [2.24, 2.45) is 5.92 Å². The Bertz CT molecular complexity index is 113. The first kappa shape index (κ1) is 12.9. The zero-order valence-corrected chi connectivity index (χ0v) is 9.72. The third-order valence-corrected chi connectivity index (χ3v) is 2.23. The predicted octanol–water partition coefficient (Wildman–Crippen LogP) is 3.21. The van der Waals surface area contributed by atoms with Gasteiger partial charge in [-0.2, -0.15) is 0 Å². The van der Waals surface area contributed by atoms with Crippen molar-refractivity contribution < 1.29 is 9.47 Å². The Kier molecular flexibility index (Phi) is 6.35. The van der Waals surface area contributed by atoms with Gasteiger partial charge in [0.05, 0.1) is 0 Å². The summed E-state index contributed by atoms with van der Waals surface area (Å²) in [5.41, 5.74) is 0. The van der Waals surface area contributed by atoms with Crippen LogP contribution in [0.3, 0.4) is 0 Å². The predicted molar refractivity (Wildman–Crippen MR) is 55.7 cm³/mol. The van der Waals surface area contributed by atoms with Gasteiger partial charge in [0.2, 0.25) is 0 Å². The van der Waals surface area contributed by atoms with Gasteiger partial charge in [-0.05, 0) is 19.8 Å². The zero-order valence-electron chi connectivity index (χ0n) is 9.72. The van der Waals surface area contributed by atoms with E-state index in [0.717, 1.165) is 26.1 Å². The monoisotopic (exact) mass is 188 g/mol. The van der Waals surface area contributed by atoms with E-state index in [-0.39, 0.29) is 0 Å². The number of hydrogen-bond acceptors (Lipinski definition) is 2. The molecule has 0 spiro atoms. The standard InChI is InChI=1S/C11H24O2/c1-6-8-12-11(5,10(3)4)13-9-7-2/h10H,6-9H2,1-5H3. The molecule has 0 unspecified atom stereocenters. The summed E-state index contributed by atoms with van der Waals surface area (Å²) in [4.78, 5) is 0. The maximum absolute atomic E-state index is 5.72. The van der Waals surface area contributed by atoms with Crippen molar-refractivity contribution in [3.8, 4) is 0 Å². The van der Waals surface area contributed by atoms with E-state index in [1.807, 2.05) is 6.92 Å². The molecule has 2 heteroatoms. The molecule has 0 aliphatic heterocycles. The molecule has 13 heavy (non-hydrogen) atoms. The number of ether oxygens (including phenoxy) is 2. The number of rotatable bonds is 7. The van der Waals surface area contributed by atoms with Crippen LogP contribution in [-0.2, 0) is 9.47 Å². The van der Waals surface area contributed by atoms with E-state index < -0.39 is 5.79 Å². The summed E-state index contributed by atoms with van der Waals surface area (Å²) >= 11 is 0. The molecule has 0 aromatic rings. The van der Waals surface area contributed by atoms with E-state index in [0.29, 0.717) is 5.92 Å². The van der Waals surface area contributed by atoms with Crippen molar-refractivity contribution in [3.05, 3.63) is 0 Å². The molecular formula is C11H24O2. The van der Waals surface area contributed by atoms with Crippen molar-refractivity contribution in [1.82, 2.24) is 0 Å². The molecule has 80 valence electrons. The van der Waals surface area contributed by atoms with Gasteiger partial charge in [-0.25, -0.2) is 0 Å². The van der Waals surface area contributed by atoms with Crippen molar-refractivity contribution in [3.63, 3.8) is 0 Å². The Morgan fingerprint density at radius 3 is 1.62 bits per heavy atom. The lowest BCUT2D eigenvalue weighted by molar-refractivity contribution is -0.249. The fourth-order valence-corrected chi connectivity index (χ4v) is 0.984. The van der Waals surface area contributed by atoms with Gasteiger partial charge in [0.25, 0.3) is 0 Å². The van der Waals surface area contributed by atoms with Crippen LogP contribution in [0, 0.1) is 5.92 Å². The van der Waals surface area contributed by atoms with E-state index >= 15 is 0 Å². The third kappa shape index (κ3) is 4.63. The van der Waals surface area contributed by atoms with Gasteiger partial charge in [-0.15, -0.1) is 0 Å². The summed E-state index contributed by atoms with van der Waals surface area (Å²) in [6, 6.07) is 0. The Morgan fingerprint density at radius 1 is 1.00 bits per heavy atom. The lowest BCUT2D eigenvalue weighted by Crippen LogP contribution is -2.38. The van der Waals surface area contributed by atoms with Crippen molar-refractivity contribution in [2.75, 3.05) is 13.2 Å². The van der Waals surface area contributed by atoms with Crippen LogP contribution in [0.2, 0.25) is 0 Å². The van der Waals surface area contributed by atoms with Gasteiger partial charge in [0.1, 0.15) is 0 Å². The molecule has 0 heterocycles. The molecule has 0 rings (SSSR count). The maximum atomic E-state index is 5.72. The van der Waals surface area contributed by atoms with Crippen LogP contribution < -0.4 is 0 Å². The Hall–Kier alpha value is -0.0800. The zero-order chi connectivity index (χ0) is 10.3. The molecule has 0 saturated carbocycles. The Morgan fingerprint density at radius 2 is 1.38 bits per heavy atom. The van der Waals surface area contributed by atoms with Crippen LogP contribution in [0.5, 0.6) is 0 Å². The Labute approximate surface area is 82.6 Å². The van der Waals surface area contributed by atoms with E-state index in [4.69, 9.17) is 9.47 Å². The highest BCUT2D eigenvalue weighted by molar-refractivity contribution is 4.67. The van der Waals surface area contributed by atoms with Crippen molar-refractivity contribution in [1.29, 1.82) is 0 Å². The van der Waals surface area contributed by atoms with Gasteiger partial charge < -0.3 is 9.47 Å². The van der Waals surface area contributed by atoms with Gasteiger partial charge >= 0.3 is 0 Å². The van der Waals surface area contributed by atoms with Crippen LogP contribution >= 0.6 is 0 Å². The molecule has 0 bridgehead atoms. The van der Waals surface area contributed by atoms with E-state index in [9.17, 15) is 0 Å². The van der Waals surface area contributed by atoms with Gasteiger partial charge in [0, 0.05) is 19.1 Å². The first-order valence-corrected chi connectivity index (χ1v) is 5.34. The average Bonchev–Trinajstić information content (AvgIpc) is 2.11. The molecule has 0 aliphatic carbocycles. The average molecular weight is 188 g/mol. The highest BCUT2D eigenvalue weighted by atomic mass is 16.7. The second kappa shape index (κ2) is 6.39. The third-order valence-electron chi connectivity index (χ3n) is 2.23. The van der Waals surface area contributed by atoms with Crippen LogP contribution in [0.1, 0.15) is 47.5 Å². The molecule has 0 atom stereocenters. The quantitative estimate of drug-likeness (QED) is 0.571. The van der Waals surface area contributed by atoms with Crippen LogP contribution in [0.4, 0.5) is 0 Å². The van der Waals surface area contributed by atoms with E-state index in [2.05, 4.69) is 27.7 Å². The summed E-state index contributed by atoms with van der Waals surface area (Å²) in [5.74, 6) is -0.00273. The SMILES string of the molecule is CCCOC(C)(OCCC)C(C)C. The molecule has 0 fully saturated rings. The summed E-state index contributed by atoms with van der Waals surface area (Å²) in [7, 11) is 0. The summed E-state index contributed by atoms with van der Waals surface area (Å²) < 4.78 is 11.4. The minimum atomic E-state index is -0.397. The Balaban J connectivity index is 4.00. The first-order chi connectivity index (χ1) is 6.06. The molecule has 2 nitrogen and oxygen atoms in total. The fraction of sp³-hybridized carbons (Fsp3) is 1.00. The molecule has 0 aromatic carbocycles. The van der Waals surface area contributed by atoms with E-state index in [1.165, 1.54) is 0 Å². The van der Waals surface area contributed by atoms with Gasteiger partial charge in [-0.3, -0.25) is 0 Å². The van der Waals surface area contributed by atoms with Gasteiger partial charge in [-0.1, -0.05) is 27.7 Å². The van der Waals surface area contributed by atoms with Gasteiger partial charge in [0.15, 0.2) is 5.79 Å². The fourth-order valence-electron chi connectivity index (χ4n) is 0.984. The molecule has 0 amide bonds. The summed E-state index contributed by atoms with van der Waals surface area (Å²) in [6.45, 7) is 12.1. The van der Waals surface area contributed by atoms with Crippen LogP contribution in [0.25, 0.3) is 0 Å². The highest BCUT2D eigenvalue weighted by Crippen LogP contribution is 2.23. The van der Waals surface area contributed by atoms with E-state index in [1.54, 1.807) is 0 Å². The number of hydrogen-bond donors (Lipinski definition) is 0. The lowest BCUT2D eigenvalue weighted by Gasteiger charge is -2.33. The first-order valence-electron chi connectivity index (χ1n) is 5.34. The molecule has 0 radical (unpaired) electrons. The molecule has 0 saturated heterocycles. The minimum Gasteiger partial charge on any atom is -0.350 e. The topological polar surface area (TPSA) is 18.5 Å². The van der Waals surface area contributed by atoms with Crippen molar-refractivity contribution in [2.45, 2.75) is 53.2 Å². The largest absolute Gasteiger partial charge is 0.350 e. The molecule has 0 aliphatic rings. The second-order valence-corrected chi connectivity index (χ2v) is 3.87. The summed E-state index contributed by atoms with van der Waals surface area (Å²) in [5, 5.41) is 0. The smallest absolute Gasteiger partial charge is 0.167 e. The van der Waals surface area contributed by atoms with Crippen LogP contribution in [0.15, 0.2) is 0 Å². The van der Waals surface area contributed by atoms with Crippen LogP contribution in [-0.4, -0.2) is 19.0 Å². The summed E-state index contributed by atoms with van der Waals surface area (Å²) in [6.07, 6.45) is 2.08. The second-order valence-electron chi connectivity index (χ2n) is 3.87. The lowest BCUT2D eigenvalue weighted by atomic mass is 10.1. The minimum absolute atomic E-state index is 0.394. The molecular weight excluding hydrogens is 164 g/mol. The van der Waals surface area contributed by atoms with Crippen molar-refractivity contribution >= 4 is 0 Å². The maximum Gasteiger partial charge on any atom is 0.167 e.